The number of ether oxygens (including phenoxy) is 1. The first-order valence-electron chi connectivity index (χ1n) is 9.70. The van der Waals surface area contributed by atoms with E-state index < -0.39 is 0 Å². The topological polar surface area (TPSA) is 36.9 Å². The molecule has 3 rings (SSSR count). The zero-order chi connectivity index (χ0) is 19.1. The second-order valence-electron chi connectivity index (χ2n) is 7.86. The van der Waals surface area contributed by atoms with Crippen molar-refractivity contribution in [3.63, 3.8) is 0 Å². The van der Waals surface area contributed by atoms with Gasteiger partial charge in [-0.2, -0.15) is 0 Å². The maximum absolute atomic E-state index is 5.94. The third-order valence-electron chi connectivity index (χ3n) is 5.14. The molecule has 1 saturated heterocycles. The molecule has 1 aliphatic rings. The van der Waals surface area contributed by atoms with Gasteiger partial charge in [0.05, 0.1) is 13.2 Å². The molecule has 0 spiro atoms. The Labute approximate surface area is 190 Å². The second kappa shape index (κ2) is 11.2. The summed E-state index contributed by atoms with van der Waals surface area (Å²) < 4.78 is 5.94. The maximum atomic E-state index is 5.94. The standard InChI is InChI=1S/C22H31N3OS.HI/c1-22(2,20-10-7-13-27-20)17-24-21(23-3)25-12-11-19(14-25)16-26-15-18-8-5-4-6-9-18;/h4-10,13,19H,11-12,14-17H2,1-3H3,(H,23,24);1H. The molecule has 0 bridgehead atoms. The average Bonchev–Trinajstić information content (AvgIpc) is 3.36. The van der Waals surface area contributed by atoms with Crippen LogP contribution in [-0.4, -0.2) is 44.1 Å². The Balaban J connectivity index is 0.00000280. The molecule has 6 heteroatoms. The lowest BCUT2D eigenvalue weighted by Crippen LogP contribution is -2.44. The normalized spacial score (nSPS) is 17.5. The molecule has 1 N–H and O–H groups in total. The summed E-state index contributed by atoms with van der Waals surface area (Å²) in [4.78, 5) is 8.27. The molecule has 1 atom stereocenters. The smallest absolute Gasteiger partial charge is 0.193 e. The van der Waals surface area contributed by atoms with Gasteiger partial charge in [0, 0.05) is 42.9 Å². The van der Waals surface area contributed by atoms with E-state index in [2.05, 4.69) is 70.8 Å². The minimum absolute atomic E-state index is 0. The van der Waals surface area contributed by atoms with Crippen molar-refractivity contribution in [3.8, 4) is 0 Å². The van der Waals surface area contributed by atoms with Crippen LogP contribution < -0.4 is 5.32 Å². The van der Waals surface area contributed by atoms with Gasteiger partial charge < -0.3 is 15.0 Å². The van der Waals surface area contributed by atoms with Gasteiger partial charge in [0.25, 0.3) is 0 Å². The SMILES string of the molecule is CN=C(NCC(C)(C)c1cccs1)N1CCC(COCc2ccccc2)C1.I. The highest BCUT2D eigenvalue weighted by Crippen LogP contribution is 2.27. The van der Waals surface area contributed by atoms with E-state index in [4.69, 9.17) is 4.74 Å². The van der Waals surface area contributed by atoms with Crippen LogP contribution in [0.15, 0.2) is 52.8 Å². The molecule has 1 aromatic carbocycles. The van der Waals surface area contributed by atoms with Gasteiger partial charge in [-0.1, -0.05) is 50.2 Å². The fraction of sp³-hybridized carbons (Fsp3) is 0.500. The highest BCUT2D eigenvalue weighted by atomic mass is 127. The highest BCUT2D eigenvalue weighted by molar-refractivity contribution is 14.0. The van der Waals surface area contributed by atoms with Gasteiger partial charge in [0.2, 0.25) is 0 Å². The Morgan fingerprint density at radius 2 is 2.04 bits per heavy atom. The summed E-state index contributed by atoms with van der Waals surface area (Å²) in [7, 11) is 1.87. The summed E-state index contributed by atoms with van der Waals surface area (Å²) in [5.41, 5.74) is 1.34. The van der Waals surface area contributed by atoms with Crippen LogP contribution in [0.4, 0.5) is 0 Å². The molecule has 1 fully saturated rings. The van der Waals surface area contributed by atoms with E-state index >= 15 is 0 Å². The summed E-state index contributed by atoms with van der Waals surface area (Å²) >= 11 is 1.82. The molecule has 0 radical (unpaired) electrons. The van der Waals surface area contributed by atoms with Gasteiger partial charge in [-0.25, -0.2) is 0 Å². The Morgan fingerprint density at radius 3 is 2.71 bits per heavy atom. The van der Waals surface area contributed by atoms with E-state index in [9.17, 15) is 0 Å². The van der Waals surface area contributed by atoms with Crippen molar-refractivity contribution in [2.45, 2.75) is 32.3 Å². The zero-order valence-electron chi connectivity index (χ0n) is 17.1. The van der Waals surface area contributed by atoms with Crippen LogP contribution >= 0.6 is 35.3 Å². The largest absolute Gasteiger partial charge is 0.376 e. The number of nitrogens with one attached hydrogen (secondary N) is 1. The van der Waals surface area contributed by atoms with Gasteiger partial charge in [0.15, 0.2) is 5.96 Å². The minimum Gasteiger partial charge on any atom is -0.376 e. The summed E-state index contributed by atoms with van der Waals surface area (Å²) in [6.07, 6.45) is 1.16. The molecular formula is C22H32IN3OS. The first kappa shape index (κ1) is 23.2. The van der Waals surface area contributed by atoms with Crippen LogP contribution in [0.25, 0.3) is 0 Å². The van der Waals surface area contributed by atoms with Crippen molar-refractivity contribution in [1.29, 1.82) is 0 Å². The Morgan fingerprint density at radius 1 is 1.25 bits per heavy atom. The maximum Gasteiger partial charge on any atom is 0.193 e. The van der Waals surface area contributed by atoms with Gasteiger partial charge in [-0.15, -0.1) is 35.3 Å². The fourth-order valence-corrected chi connectivity index (χ4v) is 4.31. The fourth-order valence-electron chi connectivity index (χ4n) is 3.46. The lowest BCUT2D eigenvalue weighted by molar-refractivity contribution is 0.0906. The van der Waals surface area contributed by atoms with E-state index in [1.165, 1.54) is 10.4 Å². The van der Waals surface area contributed by atoms with Crippen molar-refractivity contribution >= 4 is 41.3 Å². The number of thiophene rings is 1. The van der Waals surface area contributed by atoms with E-state index in [0.29, 0.717) is 12.5 Å². The van der Waals surface area contributed by atoms with E-state index in [0.717, 1.165) is 38.6 Å². The predicted octanol–water partition coefficient (Wildman–Crippen LogP) is 4.76. The van der Waals surface area contributed by atoms with Crippen molar-refractivity contribution in [2.75, 3.05) is 33.3 Å². The van der Waals surface area contributed by atoms with Gasteiger partial charge in [-0.3, -0.25) is 4.99 Å². The Hall–Kier alpha value is -1.12. The van der Waals surface area contributed by atoms with Crippen molar-refractivity contribution < 1.29 is 4.74 Å². The van der Waals surface area contributed by atoms with Crippen LogP contribution in [-0.2, 0) is 16.8 Å². The third-order valence-corrected chi connectivity index (χ3v) is 6.37. The van der Waals surface area contributed by atoms with Crippen molar-refractivity contribution in [2.24, 2.45) is 10.9 Å². The molecule has 154 valence electrons. The van der Waals surface area contributed by atoms with Crippen LogP contribution in [0.2, 0.25) is 0 Å². The summed E-state index contributed by atoms with van der Waals surface area (Å²) in [6, 6.07) is 14.7. The number of rotatable bonds is 7. The molecule has 4 nitrogen and oxygen atoms in total. The average molecular weight is 513 g/mol. The third kappa shape index (κ3) is 6.46. The van der Waals surface area contributed by atoms with Gasteiger partial charge in [-0.05, 0) is 23.4 Å². The Bertz CT molecular complexity index is 719. The lowest BCUT2D eigenvalue weighted by Gasteiger charge is -2.28. The number of hydrogen-bond acceptors (Lipinski definition) is 3. The van der Waals surface area contributed by atoms with Crippen LogP contribution in [0.1, 0.15) is 30.7 Å². The molecule has 0 amide bonds. The quantitative estimate of drug-likeness (QED) is 0.330. The number of likely N-dealkylation sites (tertiary alicyclic amines) is 1. The molecule has 0 aliphatic carbocycles. The lowest BCUT2D eigenvalue weighted by atomic mass is 9.91. The van der Waals surface area contributed by atoms with Crippen LogP contribution in [0, 0.1) is 5.92 Å². The number of benzene rings is 1. The molecule has 0 saturated carbocycles. The molecule has 28 heavy (non-hydrogen) atoms. The summed E-state index contributed by atoms with van der Waals surface area (Å²) in [5.74, 6) is 1.57. The molecule has 1 aliphatic heterocycles. The summed E-state index contributed by atoms with van der Waals surface area (Å²) in [6.45, 7) is 8.99. The van der Waals surface area contributed by atoms with Crippen molar-refractivity contribution in [3.05, 3.63) is 58.3 Å². The monoisotopic (exact) mass is 513 g/mol. The number of halogens is 1. The summed E-state index contributed by atoms with van der Waals surface area (Å²) in [5, 5.41) is 5.73. The number of hydrogen-bond donors (Lipinski definition) is 1. The number of nitrogens with zero attached hydrogens (tertiary/aromatic N) is 2. The molecular weight excluding hydrogens is 481 g/mol. The minimum atomic E-state index is 0. The molecule has 2 heterocycles. The zero-order valence-corrected chi connectivity index (χ0v) is 20.2. The van der Waals surface area contributed by atoms with Crippen LogP contribution in [0.5, 0.6) is 0 Å². The van der Waals surface area contributed by atoms with Crippen molar-refractivity contribution in [1.82, 2.24) is 10.2 Å². The highest BCUT2D eigenvalue weighted by Gasteiger charge is 2.27. The molecule has 1 aromatic heterocycles. The van der Waals surface area contributed by atoms with Gasteiger partial charge >= 0.3 is 0 Å². The number of aliphatic imine (C=N–C) groups is 1. The van der Waals surface area contributed by atoms with E-state index in [1.54, 1.807) is 0 Å². The first-order valence-corrected chi connectivity index (χ1v) is 10.6. The Kier molecular flexibility index (Phi) is 9.24. The first-order chi connectivity index (χ1) is 13.1. The predicted molar refractivity (Wildman–Crippen MR) is 130 cm³/mol. The second-order valence-corrected chi connectivity index (χ2v) is 8.81. The molecule has 2 aromatic rings. The van der Waals surface area contributed by atoms with E-state index in [-0.39, 0.29) is 29.4 Å². The van der Waals surface area contributed by atoms with E-state index in [1.807, 2.05) is 24.5 Å². The van der Waals surface area contributed by atoms with Crippen LogP contribution in [0.3, 0.4) is 0 Å². The number of guanidine groups is 1. The molecule has 1 unspecified atom stereocenters. The van der Waals surface area contributed by atoms with Gasteiger partial charge in [0.1, 0.15) is 0 Å².